The Balaban J connectivity index is 1.13. The number of ether oxygens (including phenoxy) is 7. The summed E-state index contributed by atoms with van der Waals surface area (Å²) in [5, 5.41) is 2.73. The smallest absolute Gasteiger partial charge is 0.408 e. The maximum absolute atomic E-state index is 13.6. The van der Waals surface area contributed by atoms with Crippen molar-refractivity contribution in [1.29, 1.82) is 0 Å². The molecule has 0 saturated carbocycles. The molecule has 6 aromatic carbocycles. The van der Waals surface area contributed by atoms with Crippen LogP contribution in [-0.4, -0.2) is 55.2 Å². The summed E-state index contributed by atoms with van der Waals surface area (Å²) in [5.41, 5.74) is 5.72. The number of benzene rings is 6. The standard InChI is InChI=1S/C55H57NO9/c57-54(63-39-46-29-15-5-16-30-46)48(56-55(58)64-40-47-31-17-6-18-32-47)33-19-20-34-49-51(60-36-43-23-9-2-10-24-43)53(62-38-45-27-13-4-14-28-45)52(61-37-44-25-11-3-12-26-44)50(65-49)41-59-35-42-21-7-1-8-22-42/h1-32,48-53H,33-41H2,(H,56,58)/b20-19+/t48?,49-,50+,51+,52+,53+/m0/s1. The van der Waals surface area contributed by atoms with Gasteiger partial charge in [-0.25, -0.2) is 9.59 Å². The number of carbonyl (C=O) groups excluding carboxylic acids is 2. The minimum Gasteiger partial charge on any atom is -0.459 e. The molecule has 1 heterocycles. The summed E-state index contributed by atoms with van der Waals surface area (Å²) in [6.45, 7) is 1.69. The lowest BCUT2D eigenvalue weighted by atomic mass is 9.92. The van der Waals surface area contributed by atoms with Crippen LogP contribution in [0.2, 0.25) is 0 Å². The number of rotatable bonds is 23. The summed E-state index contributed by atoms with van der Waals surface area (Å²) in [6.07, 6.45) is 0.769. The van der Waals surface area contributed by atoms with Gasteiger partial charge in [0.05, 0.1) is 39.1 Å². The van der Waals surface area contributed by atoms with Crippen LogP contribution in [0.4, 0.5) is 4.79 Å². The minimum absolute atomic E-state index is 0.0531. The summed E-state index contributed by atoms with van der Waals surface area (Å²) >= 11 is 0. The number of alkyl carbamates (subject to hydrolysis) is 1. The Labute approximate surface area is 382 Å². The maximum atomic E-state index is 13.6. The largest absolute Gasteiger partial charge is 0.459 e. The molecule has 65 heavy (non-hydrogen) atoms. The average Bonchev–Trinajstić information content (AvgIpc) is 3.36. The Bertz CT molecular complexity index is 2280. The summed E-state index contributed by atoms with van der Waals surface area (Å²) in [5.74, 6) is -0.587. The van der Waals surface area contributed by atoms with Gasteiger partial charge in [-0.1, -0.05) is 194 Å². The van der Waals surface area contributed by atoms with E-state index in [4.69, 9.17) is 33.2 Å². The molecule has 6 atom stereocenters. The predicted octanol–water partition coefficient (Wildman–Crippen LogP) is 10.1. The maximum Gasteiger partial charge on any atom is 0.408 e. The van der Waals surface area contributed by atoms with Crippen LogP contribution in [0.15, 0.2) is 194 Å². The Hall–Kier alpha value is -6.40. The highest BCUT2D eigenvalue weighted by Gasteiger charge is 2.48. The topological polar surface area (TPSA) is 111 Å². The van der Waals surface area contributed by atoms with E-state index in [1.807, 2.05) is 194 Å². The predicted molar refractivity (Wildman–Crippen MR) is 248 cm³/mol. The monoisotopic (exact) mass is 875 g/mol. The van der Waals surface area contributed by atoms with Gasteiger partial charge in [0.25, 0.3) is 0 Å². The molecule has 10 heteroatoms. The van der Waals surface area contributed by atoms with Crippen molar-refractivity contribution in [3.63, 3.8) is 0 Å². The normalized spacial score (nSPS) is 18.7. The van der Waals surface area contributed by atoms with E-state index in [1.165, 1.54) is 0 Å². The number of esters is 1. The molecule has 0 bridgehead atoms. The highest BCUT2D eigenvalue weighted by atomic mass is 16.6. The fourth-order valence-corrected chi connectivity index (χ4v) is 7.49. The van der Waals surface area contributed by atoms with Gasteiger partial charge < -0.3 is 38.5 Å². The molecular formula is C55H57NO9. The van der Waals surface area contributed by atoms with Gasteiger partial charge in [0.15, 0.2) is 0 Å². The Morgan fingerprint density at radius 2 is 0.846 bits per heavy atom. The van der Waals surface area contributed by atoms with Crippen LogP contribution in [-0.2, 0) is 77.6 Å². The van der Waals surface area contributed by atoms with Crippen molar-refractivity contribution in [3.05, 3.63) is 228 Å². The Kier molecular flexibility index (Phi) is 18.5. The molecule has 336 valence electrons. The number of hydrogen-bond acceptors (Lipinski definition) is 9. The molecule has 6 aromatic rings. The van der Waals surface area contributed by atoms with Gasteiger partial charge in [0, 0.05) is 0 Å². The van der Waals surface area contributed by atoms with Gasteiger partial charge >= 0.3 is 12.1 Å². The van der Waals surface area contributed by atoms with Crippen molar-refractivity contribution in [1.82, 2.24) is 5.32 Å². The second-order valence-electron chi connectivity index (χ2n) is 15.8. The summed E-state index contributed by atoms with van der Waals surface area (Å²) in [6, 6.07) is 57.8. The molecule has 1 fully saturated rings. The van der Waals surface area contributed by atoms with Gasteiger partial charge in [0.2, 0.25) is 0 Å². The van der Waals surface area contributed by atoms with Crippen molar-refractivity contribution >= 4 is 12.1 Å². The number of hydrogen-bond donors (Lipinski definition) is 1. The molecule has 1 aliphatic heterocycles. The zero-order valence-electron chi connectivity index (χ0n) is 36.5. The van der Waals surface area contributed by atoms with Crippen LogP contribution in [0, 0.1) is 0 Å². The highest BCUT2D eigenvalue weighted by Crippen LogP contribution is 2.33. The molecule has 0 spiro atoms. The Morgan fingerprint density at radius 1 is 0.462 bits per heavy atom. The molecule has 1 amide bonds. The lowest BCUT2D eigenvalue weighted by Crippen LogP contribution is -2.61. The second-order valence-corrected chi connectivity index (χ2v) is 15.8. The van der Waals surface area contributed by atoms with E-state index < -0.39 is 48.6 Å². The van der Waals surface area contributed by atoms with Crippen molar-refractivity contribution in [2.45, 2.75) is 89.0 Å². The fourth-order valence-electron chi connectivity index (χ4n) is 7.49. The number of amides is 1. The number of carbonyl (C=O) groups is 2. The van der Waals surface area contributed by atoms with E-state index in [0.29, 0.717) is 32.8 Å². The lowest BCUT2D eigenvalue weighted by molar-refractivity contribution is -0.271. The van der Waals surface area contributed by atoms with Gasteiger partial charge in [-0.3, -0.25) is 0 Å². The molecular weight excluding hydrogens is 819 g/mol. The van der Waals surface area contributed by atoms with Crippen molar-refractivity contribution in [2.24, 2.45) is 0 Å². The van der Waals surface area contributed by atoms with E-state index >= 15 is 0 Å². The van der Waals surface area contributed by atoms with E-state index in [2.05, 4.69) is 5.32 Å². The van der Waals surface area contributed by atoms with Crippen LogP contribution in [0.1, 0.15) is 46.2 Å². The highest BCUT2D eigenvalue weighted by molar-refractivity contribution is 5.81. The molecule has 0 aliphatic carbocycles. The zero-order chi connectivity index (χ0) is 44.7. The van der Waals surface area contributed by atoms with Gasteiger partial charge in [-0.05, 0) is 46.2 Å². The lowest BCUT2D eigenvalue weighted by Gasteiger charge is -2.46. The molecule has 1 aliphatic rings. The van der Waals surface area contributed by atoms with Crippen molar-refractivity contribution < 1.29 is 42.7 Å². The molecule has 1 unspecified atom stereocenters. The average molecular weight is 876 g/mol. The van der Waals surface area contributed by atoms with Crippen LogP contribution in [0.3, 0.4) is 0 Å². The van der Waals surface area contributed by atoms with Crippen molar-refractivity contribution in [3.8, 4) is 0 Å². The minimum atomic E-state index is -1.02. The quantitative estimate of drug-likeness (QED) is 0.0497. The van der Waals surface area contributed by atoms with Gasteiger partial charge in [0.1, 0.15) is 43.7 Å². The first-order chi connectivity index (χ1) is 32.1. The van der Waals surface area contributed by atoms with Crippen LogP contribution >= 0.6 is 0 Å². The fraction of sp³-hybridized carbons (Fsp3) is 0.273. The first-order valence-corrected chi connectivity index (χ1v) is 22.1. The number of nitrogens with one attached hydrogen (secondary N) is 1. The summed E-state index contributed by atoms with van der Waals surface area (Å²) in [7, 11) is 0. The first-order valence-electron chi connectivity index (χ1n) is 22.1. The first kappa shape index (κ1) is 46.6. The molecule has 0 radical (unpaired) electrons. The Morgan fingerprint density at radius 3 is 1.31 bits per heavy atom. The van der Waals surface area contributed by atoms with E-state index in [1.54, 1.807) is 0 Å². The molecule has 1 N–H and O–H groups in total. The van der Waals surface area contributed by atoms with E-state index in [9.17, 15) is 9.59 Å². The summed E-state index contributed by atoms with van der Waals surface area (Å²) in [4.78, 5) is 26.6. The van der Waals surface area contributed by atoms with Gasteiger partial charge in [-0.15, -0.1) is 0 Å². The third-order valence-corrected chi connectivity index (χ3v) is 10.9. The van der Waals surface area contributed by atoms with E-state index in [0.717, 1.165) is 33.4 Å². The van der Waals surface area contributed by atoms with Crippen LogP contribution in [0.5, 0.6) is 0 Å². The SMILES string of the molecule is O=C(NC(C/C=C/C[C@@H]1O[C@H](COCc2ccccc2)[C@@H](OCc2ccccc2)[C@H](OCc2ccccc2)[C@@H]1OCc1ccccc1)C(=O)OCc1ccccc1)OCc1ccccc1. The second kappa shape index (κ2) is 25.8. The third-order valence-electron chi connectivity index (χ3n) is 10.9. The third kappa shape index (κ3) is 15.4. The van der Waals surface area contributed by atoms with Gasteiger partial charge in [-0.2, -0.15) is 0 Å². The molecule has 10 nitrogen and oxygen atoms in total. The van der Waals surface area contributed by atoms with E-state index in [-0.39, 0.29) is 26.2 Å². The zero-order valence-corrected chi connectivity index (χ0v) is 36.5. The van der Waals surface area contributed by atoms with Crippen molar-refractivity contribution in [2.75, 3.05) is 6.61 Å². The summed E-state index contributed by atoms with van der Waals surface area (Å²) < 4.78 is 45.1. The molecule has 7 rings (SSSR count). The molecule has 1 saturated heterocycles. The van der Waals surface area contributed by atoms with Crippen LogP contribution < -0.4 is 5.32 Å². The molecule has 0 aromatic heterocycles. The van der Waals surface area contributed by atoms with Crippen LogP contribution in [0.25, 0.3) is 0 Å².